The van der Waals surface area contributed by atoms with E-state index in [1.54, 1.807) is 7.85 Å². The van der Waals surface area contributed by atoms with E-state index < -0.39 is 48.3 Å². The van der Waals surface area contributed by atoms with Crippen molar-refractivity contribution in [3.05, 3.63) is 0 Å². The Morgan fingerprint density at radius 3 is 2.25 bits per heavy atom. The second kappa shape index (κ2) is 8.07. The minimum atomic E-state index is -5.57. The predicted octanol–water partition coefficient (Wildman–Crippen LogP) is -0.991. The third-order valence-corrected chi connectivity index (χ3v) is 6.32. The molecule has 0 saturated carbocycles. The molecule has 1 aliphatic heterocycles. The Labute approximate surface area is 137 Å². The first kappa shape index (κ1) is 21.9. The summed E-state index contributed by atoms with van der Waals surface area (Å²) in [6, 6.07) is -0.344. The maximum atomic E-state index is 11.6. The van der Waals surface area contributed by atoms with E-state index in [0.29, 0.717) is 6.42 Å². The van der Waals surface area contributed by atoms with Gasteiger partial charge in [-0.2, -0.15) is 8.62 Å². The maximum Gasteiger partial charge on any atom is 0.490 e. The van der Waals surface area contributed by atoms with Crippen molar-refractivity contribution in [2.45, 2.75) is 31.6 Å². The average molecular weight is 412 g/mol. The monoisotopic (exact) mass is 412 g/mol. The molecular formula is C7H16BO13P3. The van der Waals surface area contributed by atoms with Gasteiger partial charge in [-0.25, -0.2) is 13.7 Å². The lowest BCUT2D eigenvalue weighted by molar-refractivity contribution is -0.149. The van der Waals surface area contributed by atoms with Crippen LogP contribution in [-0.2, 0) is 41.1 Å². The van der Waals surface area contributed by atoms with Crippen LogP contribution < -0.4 is 0 Å². The molecule has 4 N–H and O–H groups in total. The Balaban J connectivity index is 2.64. The highest BCUT2D eigenvalue weighted by atomic mass is 31.3. The number of phosphoric ester groups is 1. The molecule has 13 nitrogen and oxygen atoms in total. The lowest BCUT2D eigenvalue weighted by atomic mass is 9.96. The molecule has 1 heterocycles. The molecule has 140 valence electrons. The highest BCUT2D eigenvalue weighted by molar-refractivity contribution is 7.66. The van der Waals surface area contributed by atoms with E-state index in [0.717, 1.165) is 6.92 Å². The average Bonchev–Trinajstić information content (AvgIpc) is 2.61. The van der Waals surface area contributed by atoms with Gasteiger partial charge in [0.15, 0.2) is 0 Å². The van der Waals surface area contributed by atoms with Crippen LogP contribution in [0.2, 0.25) is 0 Å². The van der Waals surface area contributed by atoms with Crippen LogP contribution >= 0.6 is 23.5 Å². The molecule has 5 atom stereocenters. The van der Waals surface area contributed by atoms with E-state index in [1.807, 2.05) is 0 Å². The number of rotatable bonds is 8. The van der Waals surface area contributed by atoms with E-state index in [-0.39, 0.29) is 6.00 Å². The van der Waals surface area contributed by atoms with Gasteiger partial charge in [0, 0.05) is 19.3 Å². The minimum Gasteiger partial charge on any atom is -0.460 e. The van der Waals surface area contributed by atoms with Crippen molar-refractivity contribution < 1.29 is 60.7 Å². The van der Waals surface area contributed by atoms with Gasteiger partial charge in [0.05, 0.1) is 6.61 Å². The first-order chi connectivity index (χ1) is 10.7. The van der Waals surface area contributed by atoms with E-state index in [4.69, 9.17) is 24.2 Å². The van der Waals surface area contributed by atoms with Gasteiger partial charge in [-0.05, 0) is 0 Å². The largest absolute Gasteiger partial charge is 0.490 e. The summed E-state index contributed by atoms with van der Waals surface area (Å²) in [5.74, 6) is -0.610. The first-order valence-corrected chi connectivity index (χ1v) is 10.8. The highest BCUT2D eigenvalue weighted by Crippen LogP contribution is 2.66. The number of carbonyl (C=O) groups is 1. The molecule has 1 saturated heterocycles. The third kappa shape index (κ3) is 8.33. The Kier molecular flexibility index (Phi) is 7.38. The summed E-state index contributed by atoms with van der Waals surface area (Å²) in [6.45, 7) is 0.494. The van der Waals surface area contributed by atoms with Crippen molar-refractivity contribution in [1.82, 2.24) is 0 Å². The maximum absolute atomic E-state index is 11.6. The van der Waals surface area contributed by atoms with Gasteiger partial charge >= 0.3 is 29.4 Å². The zero-order valence-corrected chi connectivity index (χ0v) is 15.1. The zero-order valence-electron chi connectivity index (χ0n) is 12.5. The van der Waals surface area contributed by atoms with Gasteiger partial charge in [-0.1, -0.05) is 0 Å². The second-order valence-electron chi connectivity index (χ2n) is 4.76. The number of esters is 1. The molecule has 0 aliphatic carbocycles. The van der Waals surface area contributed by atoms with Crippen LogP contribution in [0.15, 0.2) is 0 Å². The van der Waals surface area contributed by atoms with E-state index >= 15 is 0 Å². The van der Waals surface area contributed by atoms with Crippen molar-refractivity contribution in [2.24, 2.45) is 0 Å². The first-order valence-electron chi connectivity index (χ1n) is 6.30. The molecule has 5 unspecified atom stereocenters. The smallest absolute Gasteiger partial charge is 0.460 e. The molecule has 0 spiro atoms. The Morgan fingerprint density at radius 2 is 1.75 bits per heavy atom. The van der Waals surface area contributed by atoms with Crippen LogP contribution in [0.4, 0.5) is 0 Å². The molecule has 0 aromatic rings. The molecule has 1 aliphatic rings. The van der Waals surface area contributed by atoms with Gasteiger partial charge in [0.1, 0.15) is 20.1 Å². The lowest BCUT2D eigenvalue weighted by Crippen LogP contribution is -2.30. The summed E-state index contributed by atoms with van der Waals surface area (Å²) in [6.07, 6.45) is -1.43. The van der Waals surface area contributed by atoms with Crippen LogP contribution in [0.1, 0.15) is 13.3 Å². The van der Waals surface area contributed by atoms with Crippen molar-refractivity contribution in [3.8, 4) is 0 Å². The topological polar surface area (TPSA) is 195 Å². The molecule has 1 fully saturated rings. The summed E-state index contributed by atoms with van der Waals surface area (Å²) in [4.78, 5) is 46.1. The summed E-state index contributed by atoms with van der Waals surface area (Å²) in [7, 11) is -14.6. The summed E-state index contributed by atoms with van der Waals surface area (Å²) in [5, 5.41) is 0. The third-order valence-electron chi connectivity index (χ3n) is 2.52. The fraction of sp³-hybridized carbons (Fsp3) is 0.857. The van der Waals surface area contributed by atoms with Crippen LogP contribution in [0, 0.1) is 0 Å². The molecule has 0 radical (unpaired) electrons. The van der Waals surface area contributed by atoms with Crippen LogP contribution in [-0.4, -0.2) is 58.2 Å². The van der Waals surface area contributed by atoms with E-state index in [9.17, 15) is 23.4 Å². The van der Waals surface area contributed by atoms with Crippen LogP contribution in [0.3, 0.4) is 0 Å². The Bertz CT molecular complexity index is 602. The van der Waals surface area contributed by atoms with E-state index in [1.165, 1.54) is 0 Å². The fourth-order valence-electron chi connectivity index (χ4n) is 1.88. The number of hydrogen-bond donors (Lipinski definition) is 4. The summed E-state index contributed by atoms with van der Waals surface area (Å²) in [5.41, 5.74) is 0. The summed E-state index contributed by atoms with van der Waals surface area (Å²) >= 11 is 0. The molecular weight excluding hydrogens is 396 g/mol. The number of carbonyl (C=O) groups excluding carboxylic acids is 1. The van der Waals surface area contributed by atoms with E-state index in [2.05, 4.69) is 13.1 Å². The lowest BCUT2D eigenvalue weighted by Gasteiger charge is -2.20. The normalized spacial score (nSPS) is 29.6. The van der Waals surface area contributed by atoms with Gasteiger partial charge in [-0.15, -0.1) is 0 Å². The zero-order chi connectivity index (χ0) is 18.8. The van der Waals surface area contributed by atoms with Crippen molar-refractivity contribution in [2.75, 3.05) is 6.61 Å². The number of ether oxygens (including phenoxy) is 2. The van der Waals surface area contributed by atoms with Crippen molar-refractivity contribution in [1.29, 1.82) is 0 Å². The van der Waals surface area contributed by atoms with Gasteiger partial charge in [0.25, 0.3) is 0 Å². The van der Waals surface area contributed by atoms with Crippen molar-refractivity contribution >= 4 is 37.3 Å². The number of hydrogen-bond acceptors (Lipinski definition) is 9. The van der Waals surface area contributed by atoms with Crippen molar-refractivity contribution in [3.63, 3.8) is 0 Å². The Morgan fingerprint density at radius 1 is 1.17 bits per heavy atom. The van der Waals surface area contributed by atoms with Gasteiger partial charge in [0.2, 0.25) is 0 Å². The molecule has 0 amide bonds. The van der Waals surface area contributed by atoms with Gasteiger partial charge < -0.3 is 29.0 Å². The second-order valence-corrected chi connectivity index (χ2v) is 9.18. The highest BCUT2D eigenvalue weighted by Gasteiger charge is 2.42. The SMILES string of the molecule is BC1CC(OC(C)=O)C(COP(=O)(O)OP(=O)(O)OP(=O)(O)O)O1. The quantitative estimate of drug-likeness (QED) is 0.216. The molecule has 1 rings (SSSR count). The molecule has 0 aromatic heterocycles. The molecule has 24 heavy (non-hydrogen) atoms. The molecule has 0 bridgehead atoms. The fourth-order valence-corrected chi connectivity index (χ4v) is 4.91. The predicted molar refractivity (Wildman–Crippen MR) is 77.2 cm³/mol. The standard InChI is InChI=1S/C7H16BO13P3/c1-4(9)18-5-2-7(8)19-6(5)3-17-23(13,14)21-24(15,16)20-22(10,11)12/h5-7H,2-3,8H2,1H3,(H,13,14)(H,15,16)(H2,10,11,12). The molecule has 0 aromatic carbocycles. The minimum absolute atomic E-state index is 0.296. The molecule has 17 heteroatoms. The number of phosphoric acid groups is 3. The van der Waals surface area contributed by atoms with Crippen LogP contribution in [0.25, 0.3) is 0 Å². The van der Waals surface area contributed by atoms with Crippen LogP contribution in [0.5, 0.6) is 0 Å². The van der Waals surface area contributed by atoms with Gasteiger partial charge in [-0.3, -0.25) is 9.32 Å². The Hall–Kier alpha value is -0.0951. The summed E-state index contributed by atoms with van der Waals surface area (Å²) < 4.78 is 55.0.